The Hall–Kier alpha value is -2.75. The molecule has 0 bridgehead atoms. The van der Waals surface area contributed by atoms with Crippen LogP contribution in [0.4, 0.5) is 0 Å². The lowest BCUT2D eigenvalue weighted by Crippen LogP contribution is -2.20. The largest absolute Gasteiger partial charge is 0.493 e. The third-order valence-electron chi connectivity index (χ3n) is 4.09. The first-order chi connectivity index (χ1) is 11.5. The number of para-hydroxylation sites is 1. The van der Waals surface area contributed by atoms with E-state index >= 15 is 0 Å². The lowest BCUT2D eigenvalue weighted by atomic mass is 9.94. The van der Waals surface area contributed by atoms with Crippen LogP contribution in [0.3, 0.4) is 0 Å². The molecule has 0 aromatic heterocycles. The number of ketones is 1. The van der Waals surface area contributed by atoms with Gasteiger partial charge in [0.05, 0.1) is 19.8 Å². The number of Topliss-reactive ketones (excluding diaryl/α,β-unsaturated/α-hetero) is 1. The van der Waals surface area contributed by atoms with Crippen molar-refractivity contribution in [2.24, 2.45) is 0 Å². The van der Waals surface area contributed by atoms with Gasteiger partial charge in [0.2, 0.25) is 0 Å². The molecule has 0 spiro atoms. The number of fused-ring (bicyclic) bond motifs is 1. The van der Waals surface area contributed by atoms with Gasteiger partial charge in [-0.15, -0.1) is 0 Å². The zero-order valence-electron chi connectivity index (χ0n) is 14.3. The van der Waals surface area contributed by atoms with E-state index in [2.05, 4.69) is 0 Å². The minimum Gasteiger partial charge on any atom is -0.493 e. The SMILES string of the molecule is COc1cccc(C=C2COc3c(C)cc(C)cc3C2=O)c1OC. The van der Waals surface area contributed by atoms with Crippen LogP contribution in [0.15, 0.2) is 35.9 Å². The molecule has 0 saturated carbocycles. The van der Waals surface area contributed by atoms with E-state index in [0.717, 1.165) is 16.7 Å². The summed E-state index contributed by atoms with van der Waals surface area (Å²) < 4.78 is 16.6. The average Bonchev–Trinajstić information content (AvgIpc) is 2.57. The second kappa shape index (κ2) is 6.40. The molecule has 0 radical (unpaired) electrons. The Labute approximate surface area is 141 Å². The molecule has 0 N–H and O–H groups in total. The molecular formula is C20H20O4. The first-order valence-corrected chi connectivity index (χ1v) is 7.75. The Morgan fingerprint density at radius 1 is 1.12 bits per heavy atom. The van der Waals surface area contributed by atoms with Crippen LogP contribution in [-0.4, -0.2) is 26.6 Å². The molecule has 0 aliphatic carbocycles. The van der Waals surface area contributed by atoms with Crippen molar-refractivity contribution < 1.29 is 19.0 Å². The van der Waals surface area contributed by atoms with Crippen LogP contribution in [0, 0.1) is 13.8 Å². The van der Waals surface area contributed by atoms with Crippen molar-refractivity contribution in [3.05, 3.63) is 58.2 Å². The van der Waals surface area contributed by atoms with Crippen molar-refractivity contribution in [3.8, 4) is 17.2 Å². The third-order valence-corrected chi connectivity index (χ3v) is 4.09. The number of hydrogen-bond donors (Lipinski definition) is 0. The van der Waals surface area contributed by atoms with Crippen molar-refractivity contribution in [1.82, 2.24) is 0 Å². The number of carbonyl (C=O) groups excluding carboxylic acids is 1. The van der Waals surface area contributed by atoms with E-state index in [9.17, 15) is 4.79 Å². The summed E-state index contributed by atoms with van der Waals surface area (Å²) >= 11 is 0. The molecule has 1 heterocycles. The van der Waals surface area contributed by atoms with Gasteiger partial charge in [0.25, 0.3) is 0 Å². The van der Waals surface area contributed by atoms with E-state index in [1.165, 1.54) is 0 Å². The standard InChI is InChI=1S/C20H20O4/c1-12-8-13(2)19-16(9-12)18(21)15(11-24-19)10-14-6-5-7-17(22-3)20(14)23-4/h5-10H,11H2,1-4H3. The molecule has 1 aliphatic rings. The van der Waals surface area contributed by atoms with Gasteiger partial charge < -0.3 is 14.2 Å². The summed E-state index contributed by atoms with van der Waals surface area (Å²) in [5, 5.41) is 0. The number of aryl methyl sites for hydroxylation is 2. The third kappa shape index (κ3) is 2.75. The van der Waals surface area contributed by atoms with Gasteiger partial charge in [-0.25, -0.2) is 0 Å². The molecule has 0 saturated heterocycles. The van der Waals surface area contributed by atoms with Crippen LogP contribution in [0.2, 0.25) is 0 Å². The molecule has 2 aromatic rings. The molecular weight excluding hydrogens is 304 g/mol. The predicted molar refractivity (Wildman–Crippen MR) is 93.3 cm³/mol. The highest BCUT2D eigenvalue weighted by atomic mass is 16.5. The fourth-order valence-corrected chi connectivity index (χ4v) is 3.02. The molecule has 3 rings (SSSR count). The number of methoxy groups -OCH3 is 2. The van der Waals surface area contributed by atoms with Crippen LogP contribution >= 0.6 is 0 Å². The molecule has 124 valence electrons. The molecule has 1 aliphatic heterocycles. The zero-order chi connectivity index (χ0) is 17.3. The fraction of sp³-hybridized carbons (Fsp3) is 0.250. The predicted octanol–water partition coefficient (Wildman–Crippen LogP) is 3.98. The first kappa shape index (κ1) is 16.1. The van der Waals surface area contributed by atoms with E-state index in [-0.39, 0.29) is 12.4 Å². The normalized spacial score (nSPS) is 15.0. The minimum absolute atomic E-state index is 0.00655. The maximum Gasteiger partial charge on any atom is 0.196 e. The number of hydrogen-bond acceptors (Lipinski definition) is 4. The Morgan fingerprint density at radius 2 is 1.92 bits per heavy atom. The Kier molecular flexibility index (Phi) is 4.30. The van der Waals surface area contributed by atoms with Gasteiger partial charge in [-0.05, 0) is 43.2 Å². The monoisotopic (exact) mass is 324 g/mol. The highest BCUT2D eigenvalue weighted by Crippen LogP contribution is 2.35. The second-order valence-corrected chi connectivity index (χ2v) is 5.83. The van der Waals surface area contributed by atoms with Gasteiger partial charge in [-0.2, -0.15) is 0 Å². The van der Waals surface area contributed by atoms with Gasteiger partial charge in [0.1, 0.15) is 12.4 Å². The van der Waals surface area contributed by atoms with Crippen LogP contribution in [0.5, 0.6) is 17.2 Å². The summed E-state index contributed by atoms with van der Waals surface area (Å²) in [6.07, 6.45) is 1.81. The summed E-state index contributed by atoms with van der Waals surface area (Å²) in [5.41, 5.74) is 4.03. The maximum atomic E-state index is 12.9. The number of carbonyl (C=O) groups is 1. The topological polar surface area (TPSA) is 44.8 Å². The summed E-state index contributed by atoms with van der Waals surface area (Å²) in [4.78, 5) is 12.9. The van der Waals surface area contributed by atoms with E-state index < -0.39 is 0 Å². The van der Waals surface area contributed by atoms with E-state index in [1.807, 2.05) is 50.3 Å². The average molecular weight is 324 g/mol. The fourth-order valence-electron chi connectivity index (χ4n) is 3.02. The first-order valence-electron chi connectivity index (χ1n) is 7.75. The molecule has 24 heavy (non-hydrogen) atoms. The highest BCUT2D eigenvalue weighted by molar-refractivity contribution is 6.14. The molecule has 0 unspecified atom stereocenters. The summed E-state index contributed by atoms with van der Waals surface area (Å²) in [7, 11) is 3.17. The zero-order valence-corrected chi connectivity index (χ0v) is 14.3. The van der Waals surface area contributed by atoms with Crippen molar-refractivity contribution in [1.29, 1.82) is 0 Å². The van der Waals surface area contributed by atoms with Crippen molar-refractivity contribution in [2.75, 3.05) is 20.8 Å². The maximum absolute atomic E-state index is 12.9. The Morgan fingerprint density at radius 3 is 2.62 bits per heavy atom. The number of rotatable bonds is 3. The van der Waals surface area contributed by atoms with Gasteiger partial charge in [-0.1, -0.05) is 18.2 Å². The summed E-state index contributed by atoms with van der Waals surface area (Å²) in [6.45, 7) is 4.18. The van der Waals surface area contributed by atoms with Crippen LogP contribution in [-0.2, 0) is 0 Å². The highest BCUT2D eigenvalue weighted by Gasteiger charge is 2.25. The van der Waals surface area contributed by atoms with E-state index in [0.29, 0.717) is 28.4 Å². The quantitative estimate of drug-likeness (QED) is 0.801. The van der Waals surface area contributed by atoms with Crippen molar-refractivity contribution >= 4 is 11.9 Å². The second-order valence-electron chi connectivity index (χ2n) is 5.83. The summed E-state index contributed by atoms with van der Waals surface area (Å²) in [6, 6.07) is 9.47. The van der Waals surface area contributed by atoms with Gasteiger partial charge in [0.15, 0.2) is 17.3 Å². The molecule has 2 aromatic carbocycles. The van der Waals surface area contributed by atoms with Crippen LogP contribution in [0.25, 0.3) is 6.08 Å². The molecule has 0 atom stereocenters. The van der Waals surface area contributed by atoms with Crippen LogP contribution < -0.4 is 14.2 Å². The lowest BCUT2D eigenvalue weighted by molar-refractivity contribution is 0.100. The van der Waals surface area contributed by atoms with Gasteiger partial charge in [0, 0.05) is 11.1 Å². The van der Waals surface area contributed by atoms with Gasteiger partial charge in [-0.3, -0.25) is 4.79 Å². The molecule has 4 nitrogen and oxygen atoms in total. The number of ether oxygens (including phenoxy) is 3. The minimum atomic E-state index is -0.00655. The van der Waals surface area contributed by atoms with Crippen LogP contribution in [0.1, 0.15) is 27.0 Å². The number of benzene rings is 2. The molecule has 0 fully saturated rings. The van der Waals surface area contributed by atoms with E-state index in [1.54, 1.807) is 14.2 Å². The van der Waals surface area contributed by atoms with Crippen molar-refractivity contribution in [3.63, 3.8) is 0 Å². The Bertz CT molecular complexity index is 834. The molecule has 0 amide bonds. The molecule has 4 heteroatoms. The van der Waals surface area contributed by atoms with Crippen molar-refractivity contribution in [2.45, 2.75) is 13.8 Å². The Balaban J connectivity index is 2.06. The van der Waals surface area contributed by atoms with Gasteiger partial charge >= 0.3 is 0 Å². The lowest BCUT2D eigenvalue weighted by Gasteiger charge is -2.21. The van der Waals surface area contributed by atoms with E-state index in [4.69, 9.17) is 14.2 Å². The summed E-state index contributed by atoms with van der Waals surface area (Å²) in [5.74, 6) is 1.91. The smallest absolute Gasteiger partial charge is 0.196 e.